The average Bonchev–Trinajstić information content (AvgIpc) is 2.62. The molecule has 0 aromatic heterocycles. The lowest BCUT2D eigenvalue weighted by atomic mass is 10.1. The molecule has 5 heteroatoms. The molecule has 23 heavy (non-hydrogen) atoms. The number of nitrogens with one attached hydrogen (secondary N) is 2. The maximum atomic E-state index is 11.9. The van der Waals surface area contributed by atoms with Gasteiger partial charge in [-0.05, 0) is 29.8 Å². The van der Waals surface area contributed by atoms with Gasteiger partial charge in [0.2, 0.25) is 5.91 Å². The minimum atomic E-state index is -0.171. The number of nitrogens with zero attached hydrogens (tertiary/aromatic N) is 1. The third-order valence-electron chi connectivity index (χ3n) is 3.41. The van der Waals surface area contributed by atoms with Crippen LogP contribution in [-0.4, -0.2) is 26.1 Å². The van der Waals surface area contributed by atoms with Crippen LogP contribution in [0.2, 0.25) is 0 Å². The first kappa shape index (κ1) is 16.5. The largest absolute Gasteiger partial charge is 0.376 e. The monoisotopic (exact) mass is 309 g/mol. The predicted molar refractivity (Wildman–Crippen MR) is 88.8 cm³/mol. The summed E-state index contributed by atoms with van der Waals surface area (Å²) in [5, 5.41) is 14.6. The summed E-state index contributed by atoms with van der Waals surface area (Å²) in [6, 6.07) is 18.8. The van der Waals surface area contributed by atoms with E-state index in [-0.39, 0.29) is 18.6 Å². The molecule has 2 aromatic rings. The van der Waals surface area contributed by atoms with Crippen LogP contribution in [0.4, 0.5) is 5.69 Å². The molecule has 0 heterocycles. The lowest BCUT2D eigenvalue weighted by molar-refractivity contribution is -0.120. The van der Waals surface area contributed by atoms with Crippen LogP contribution in [0.15, 0.2) is 54.6 Å². The Labute approximate surface area is 135 Å². The van der Waals surface area contributed by atoms with E-state index in [1.165, 1.54) is 0 Å². The second kappa shape index (κ2) is 8.57. The van der Waals surface area contributed by atoms with Crippen LogP contribution in [0, 0.1) is 11.3 Å². The summed E-state index contributed by atoms with van der Waals surface area (Å²) < 4.78 is 5.41. The fourth-order valence-corrected chi connectivity index (χ4v) is 2.12. The van der Waals surface area contributed by atoms with E-state index in [2.05, 4.69) is 16.7 Å². The number of ether oxygens (including phenoxy) is 1. The van der Waals surface area contributed by atoms with E-state index < -0.39 is 0 Å². The average molecular weight is 309 g/mol. The van der Waals surface area contributed by atoms with Crippen molar-refractivity contribution in [1.82, 2.24) is 5.32 Å². The standard InChI is InChI=1S/C18H19N3O2/c1-23-17(15-5-3-2-4-6-15)12-21-18(22)13-20-16-9-7-14(11-19)8-10-16/h2-10,17,20H,12-13H2,1H3,(H,21,22). The number of rotatable bonds is 7. The molecule has 0 spiro atoms. The lowest BCUT2D eigenvalue weighted by Gasteiger charge is -2.16. The number of carbonyl (C=O) groups is 1. The van der Waals surface area contributed by atoms with E-state index >= 15 is 0 Å². The third-order valence-corrected chi connectivity index (χ3v) is 3.41. The van der Waals surface area contributed by atoms with Gasteiger partial charge in [0.15, 0.2) is 0 Å². The summed E-state index contributed by atoms with van der Waals surface area (Å²) in [4.78, 5) is 11.9. The Morgan fingerprint density at radius 2 is 1.87 bits per heavy atom. The molecule has 118 valence electrons. The molecule has 0 saturated heterocycles. The minimum Gasteiger partial charge on any atom is -0.376 e. The molecular formula is C18H19N3O2. The molecule has 0 aliphatic carbocycles. The normalized spacial score (nSPS) is 11.3. The highest BCUT2D eigenvalue weighted by Gasteiger charge is 2.11. The van der Waals surface area contributed by atoms with Gasteiger partial charge < -0.3 is 15.4 Å². The molecule has 2 aromatic carbocycles. The van der Waals surface area contributed by atoms with Gasteiger partial charge >= 0.3 is 0 Å². The molecule has 0 saturated carbocycles. The lowest BCUT2D eigenvalue weighted by Crippen LogP contribution is -2.33. The summed E-state index contributed by atoms with van der Waals surface area (Å²) in [7, 11) is 1.62. The van der Waals surface area contributed by atoms with E-state index in [1.807, 2.05) is 30.3 Å². The van der Waals surface area contributed by atoms with Crippen molar-refractivity contribution in [2.75, 3.05) is 25.5 Å². The van der Waals surface area contributed by atoms with Gasteiger partial charge in [-0.1, -0.05) is 30.3 Å². The fourth-order valence-electron chi connectivity index (χ4n) is 2.12. The maximum absolute atomic E-state index is 11.9. The summed E-state index contributed by atoms with van der Waals surface area (Å²) in [6.45, 7) is 0.575. The Balaban J connectivity index is 1.79. The number of nitriles is 1. The highest BCUT2D eigenvalue weighted by molar-refractivity contribution is 5.80. The second-order valence-corrected chi connectivity index (χ2v) is 4.98. The van der Waals surface area contributed by atoms with Crippen LogP contribution >= 0.6 is 0 Å². The highest BCUT2D eigenvalue weighted by Crippen LogP contribution is 2.14. The molecular weight excluding hydrogens is 290 g/mol. The third kappa shape index (κ3) is 5.13. The van der Waals surface area contributed by atoms with Crippen LogP contribution in [0.3, 0.4) is 0 Å². The number of methoxy groups -OCH3 is 1. The smallest absolute Gasteiger partial charge is 0.239 e. The molecule has 0 fully saturated rings. The first-order valence-electron chi connectivity index (χ1n) is 7.31. The van der Waals surface area contributed by atoms with Crippen molar-refractivity contribution < 1.29 is 9.53 Å². The van der Waals surface area contributed by atoms with E-state index in [1.54, 1.807) is 31.4 Å². The van der Waals surface area contributed by atoms with Crippen molar-refractivity contribution in [3.63, 3.8) is 0 Å². The molecule has 0 aliphatic rings. The first-order valence-corrected chi connectivity index (χ1v) is 7.31. The van der Waals surface area contributed by atoms with Crippen molar-refractivity contribution in [1.29, 1.82) is 5.26 Å². The Bertz CT molecular complexity index is 663. The van der Waals surface area contributed by atoms with E-state index in [0.717, 1.165) is 11.3 Å². The van der Waals surface area contributed by atoms with Crippen LogP contribution in [0.1, 0.15) is 17.2 Å². The summed E-state index contributed by atoms with van der Waals surface area (Å²) in [5.41, 5.74) is 2.41. The number of carbonyl (C=O) groups excluding carboxylic acids is 1. The molecule has 2 N–H and O–H groups in total. The van der Waals surface area contributed by atoms with Gasteiger partial charge in [0.05, 0.1) is 24.3 Å². The SMILES string of the molecule is COC(CNC(=O)CNc1ccc(C#N)cc1)c1ccccc1. The summed E-state index contributed by atoms with van der Waals surface area (Å²) in [5.74, 6) is -0.118. The number of benzene rings is 2. The zero-order valence-corrected chi connectivity index (χ0v) is 13.0. The van der Waals surface area contributed by atoms with Gasteiger partial charge in [-0.15, -0.1) is 0 Å². The van der Waals surface area contributed by atoms with Crippen molar-refractivity contribution in [2.45, 2.75) is 6.10 Å². The Kier molecular flexibility index (Phi) is 6.16. The molecule has 2 rings (SSSR count). The van der Waals surface area contributed by atoms with Crippen molar-refractivity contribution in [3.05, 3.63) is 65.7 Å². The second-order valence-electron chi connectivity index (χ2n) is 4.98. The molecule has 0 aliphatic heterocycles. The molecule has 5 nitrogen and oxygen atoms in total. The molecule has 0 radical (unpaired) electrons. The van der Waals surface area contributed by atoms with Crippen LogP contribution < -0.4 is 10.6 Å². The number of anilines is 1. The van der Waals surface area contributed by atoms with Gasteiger partial charge in [0.25, 0.3) is 0 Å². The van der Waals surface area contributed by atoms with E-state index in [4.69, 9.17) is 10.00 Å². The Hall–Kier alpha value is -2.84. The first-order chi connectivity index (χ1) is 11.2. The van der Waals surface area contributed by atoms with Crippen LogP contribution in [0.5, 0.6) is 0 Å². The molecule has 1 unspecified atom stereocenters. The van der Waals surface area contributed by atoms with Gasteiger partial charge in [0.1, 0.15) is 0 Å². The number of amides is 1. The topological polar surface area (TPSA) is 74.2 Å². The minimum absolute atomic E-state index is 0.118. The van der Waals surface area contributed by atoms with Crippen molar-refractivity contribution >= 4 is 11.6 Å². The fraction of sp³-hybridized carbons (Fsp3) is 0.222. The zero-order valence-electron chi connectivity index (χ0n) is 13.0. The molecule has 1 amide bonds. The van der Waals surface area contributed by atoms with Crippen molar-refractivity contribution in [2.24, 2.45) is 0 Å². The van der Waals surface area contributed by atoms with Crippen LogP contribution in [-0.2, 0) is 9.53 Å². The maximum Gasteiger partial charge on any atom is 0.239 e. The number of hydrogen-bond acceptors (Lipinski definition) is 4. The van der Waals surface area contributed by atoms with Crippen molar-refractivity contribution in [3.8, 4) is 6.07 Å². The predicted octanol–water partition coefficient (Wildman–Crippen LogP) is 2.47. The summed E-state index contributed by atoms with van der Waals surface area (Å²) >= 11 is 0. The number of hydrogen-bond donors (Lipinski definition) is 2. The van der Waals surface area contributed by atoms with E-state index in [0.29, 0.717) is 12.1 Å². The molecule has 1 atom stereocenters. The molecule has 0 bridgehead atoms. The van der Waals surface area contributed by atoms with Crippen LogP contribution in [0.25, 0.3) is 0 Å². The highest BCUT2D eigenvalue weighted by atomic mass is 16.5. The van der Waals surface area contributed by atoms with Gasteiger partial charge in [0, 0.05) is 19.3 Å². The van der Waals surface area contributed by atoms with E-state index in [9.17, 15) is 4.79 Å². The van der Waals surface area contributed by atoms with Gasteiger partial charge in [-0.25, -0.2) is 0 Å². The zero-order chi connectivity index (χ0) is 16.5. The summed E-state index contributed by atoms with van der Waals surface area (Å²) in [6.07, 6.45) is -0.171. The van der Waals surface area contributed by atoms with Gasteiger partial charge in [-0.3, -0.25) is 4.79 Å². The Morgan fingerprint density at radius 3 is 2.48 bits per heavy atom. The Morgan fingerprint density at radius 1 is 1.17 bits per heavy atom. The van der Waals surface area contributed by atoms with Gasteiger partial charge in [-0.2, -0.15) is 5.26 Å². The quantitative estimate of drug-likeness (QED) is 0.824.